The quantitative estimate of drug-likeness (QED) is 0.616. The molecular weight excluding hydrogens is 270 g/mol. The standard InChI is InChI=1S/C15H21N3O3/c1-11(2)17-15(4,10-16)8-9-21-14-7-5-6-13(12(14)3)18(19)20/h5-7,11,17H,8-9H2,1-4H3. The topological polar surface area (TPSA) is 88.2 Å². The minimum absolute atomic E-state index is 0.0378. The van der Waals surface area contributed by atoms with E-state index < -0.39 is 10.5 Å². The van der Waals surface area contributed by atoms with Crippen molar-refractivity contribution in [3.05, 3.63) is 33.9 Å². The van der Waals surface area contributed by atoms with Crippen molar-refractivity contribution < 1.29 is 9.66 Å². The van der Waals surface area contributed by atoms with E-state index in [1.807, 2.05) is 20.8 Å². The van der Waals surface area contributed by atoms with Crippen LogP contribution in [0.5, 0.6) is 5.75 Å². The molecule has 0 heterocycles. The van der Waals surface area contributed by atoms with Crippen molar-refractivity contribution in [2.24, 2.45) is 0 Å². The van der Waals surface area contributed by atoms with Crippen LogP contribution in [0.4, 0.5) is 5.69 Å². The Labute approximate surface area is 124 Å². The van der Waals surface area contributed by atoms with Gasteiger partial charge in [-0.25, -0.2) is 0 Å². The molecular formula is C15H21N3O3. The number of nitrogens with one attached hydrogen (secondary N) is 1. The van der Waals surface area contributed by atoms with E-state index in [1.165, 1.54) is 6.07 Å². The van der Waals surface area contributed by atoms with Crippen molar-refractivity contribution in [3.63, 3.8) is 0 Å². The maximum atomic E-state index is 10.9. The van der Waals surface area contributed by atoms with Gasteiger partial charge in [-0.3, -0.25) is 15.4 Å². The highest BCUT2D eigenvalue weighted by Crippen LogP contribution is 2.27. The third-order valence-corrected chi connectivity index (χ3v) is 3.17. The number of hydrogen-bond donors (Lipinski definition) is 1. The van der Waals surface area contributed by atoms with E-state index in [-0.39, 0.29) is 11.7 Å². The summed E-state index contributed by atoms with van der Waals surface area (Å²) in [5.41, 5.74) is -0.142. The zero-order valence-electron chi connectivity index (χ0n) is 12.8. The average Bonchev–Trinajstić information content (AvgIpc) is 2.39. The fourth-order valence-corrected chi connectivity index (χ4v) is 2.12. The number of nitro benzene ring substituents is 1. The van der Waals surface area contributed by atoms with Crippen molar-refractivity contribution in [2.75, 3.05) is 6.61 Å². The molecule has 0 bridgehead atoms. The van der Waals surface area contributed by atoms with Crippen LogP contribution in [0.15, 0.2) is 18.2 Å². The predicted octanol–water partition coefficient (Wildman–Crippen LogP) is 2.95. The Bertz CT molecular complexity index is 552. The second-order valence-electron chi connectivity index (χ2n) is 5.50. The summed E-state index contributed by atoms with van der Waals surface area (Å²) in [6.45, 7) is 7.73. The zero-order valence-corrected chi connectivity index (χ0v) is 12.8. The van der Waals surface area contributed by atoms with Gasteiger partial charge >= 0.3 is 0 Å². The lowest BCUT2D eigenvalue weighted by Crippen LogP contribution is -2.45. The first-order valence-corrected chi connectivity index (χ1v) is 6.85. The molecule has 1 aromatic carbocycles. The van der Waals surface area contributed by atoms with Crippen LogP contribution in [-0.4, -0.2) is 23.1 Å². The molecule has 0 aromatic heterocycles. The molecule has 21 heavy (non-hydrogen) atoms. The average molecular weight is 291 g/mol. The number of nitriles is 1. The van der Waals surface area contributed by atoms with Gasteiger partial charge in [0.05, 0.1) is 23.2 Å². The first-order chi connectivity index (χ1) is 9.79. The lowest BCUT2D eigenvalue weighted by molar-refractivity contribution is -0.385. The van der Waals surface area contributed by atoms with Gasteiger partial charge in [-0.15, -0.1) is 0 Å². The first kappa shape index (κ1) is 16.9. The van der Waals surface area contributed by atoms with Crippen molar-refractivity contribution >= 4 is 5.69 Å². The maximum absolute atomic E-state index is 10.9. The van der Waals surface area contributed by atoms with Gasteiger partial charge in [0.1, 0.15) is 11.3 Å². The molecule has 0 saturated carbocycles. The Balaban J connectivity index is 2.70. The van der Waals surface area contributed by atoms with Crippen LogP contribution in [0.3, 0.4) is 0 Å². The Kier molecular flexibility index (Phi) is 5.68. The molecule has 1 rings (SSSR count). The summed E-state index contributed by atoms with van der Waals surface area (Å²) in [7, 11) is 0. The highest BCUT2D eigenvalue weighted by Gasteiger charge is 2.24. The fourth-order valence-electron chi connectivity index (χ4n) is 2.12. The molecule has 114 valence electrons. The van der Waals surface area contributed by atoms with E-state index in [4.69, 9.17) is 4.74 Å². The van der Waals surface area contributed by atoms with E-state index in [2.05, 4.69) is 11.4 Å². The zero-order chi connectivity index (χ0) is 16.0. The molecule has 0 aliphatic rings. The largest absolute Gasteiger partial charge is 0.493 e. The molecule has 0 spiro atoms. The lowest BCUT2D eigenvalue weighted by atomic mass is 9.99. The van der Waals surface area contributed by atoms with Gasteiger partial charge in [0.15, 0.2) is 0 Å². The van der Waals surface area contributed by atoms with E-state index >= 15 is 0 Å². The number of benzene rings is 1. The van der Waals surface area contributed by atoms with Gasteiger partial charge in [0, 0.05) is 18.5 Å². The number of nitro groups is 1. The Hall–Kier alpha value is -2.13. The number of hydrogen-bond acceptors (Lipinski definition) is 5. The lowest BCUT2D eigenvalue weighted by Gasteiger charge is -2.25. The van der Waals surface area contributed by atoms with Gasteiger partial charge in [0.2, 0.25) is 0 Å². The van der Waals surface area contributed by atoms with Crippen molar-refractivity contribution in [3.8, 4) is 11.8 Å². The second-order valence-corrected chi connectivity index (χ2v) is 5.50. The molecule has 6 nitrogen and oxygen atoms in total. The van der Waals surface area contributed by atoms with Gasteiger partial charge in [-0.1, -0.05) is 6.07 Å². The third kappa shape index (κ3) is 4.72. The van der Waals surface area contributed by atoms with Crippen molar-refractivity contribution in [1.29, 1.82) is 5.26 Å². The summed E-state index contributed by atoms with van der Waals surface area (Å²) in [6, 6.07) is 7.17. The molecule has 1 N–H and O–H groups in total. The summed E-state index contributed by atoms with van der Waals surface area (Å²) in [5.74, 6) is 0.481. The van der Waals surface area contributed by atoms with Crippen LogP contribution < -0.4 is 10.1 Å². The molecule has 6 heteroatoms. The van der Waals surface area contributed by atoms with Gasteiger partial charge < -0.3 is 4.74 Å². The molecule has 1 aromatic rings. The second kappa shape index (κ2) is 7.04. The van der Waals surface area contributed by atoms with Crippen LogP contribution in [0.2, 0.25) is 0 Å². The fraction of sp³-hybridized carbons (Fsp3) is 0.533. The van der Waals surface area contributed by atoms with E-state index in [9.17, 15) is 15.4 Å². The smallest absolute Gasteiger partial charge is 0.276 e. The highest BCUT2D eigenvalue weighted by molar-refractivity contribution is 5.48. The van der Waals surface area contributed by atoms with Crippen LogP contribution in [-0.2, 0) is 0 Å². The van der Waals surface area contributed by atoms with E-state index in [0.29, 0.717) is 24.3 Å². The van der Waals surface area contributed by atoms with Crippen molar-refractivity contribution in [2.45, 2.75) is 45.7 Å². The van der Waals surface area contributed by atoms with Crippen molar-refractivity contribution in [1.82, 2.24) is 5.32 Å². The molecule has 0 saturated heterocycles. The van der Waals surface area contributed by atoms with Gasteiger partial charge in [-0.2, -0.15) is 5.26 Å². The highest BCUT2D eigenvalue weighted by atomic mass is 16.6. The monoisotopic (exact) mass is 291 g/mol. The third-order valence-electron chi connectivity index (χ3n) is 3.17. The summed E-state index contributed by atoms with van der Waals surface area (Å²) in [5, 5.41) is 23.3. The summed E-state index contributed by atoms with van der Waals surface area (Å²) < 4.78 is 5.61. The first-order valence-electron chi connectivity index (χ1n) is 6.85. The minimum atomic E-state index is -0.678. The molecule has 0 amide bonds. The normalized spacial score (nSPS) is 13.5. The minimum Gasteiger partial charge on any atom is -0.493 e. The van der Waals surface area contributed by atoms with Crippen LogP contribution in [0, 0.1) is 28.4 Å². The molecule has 0 aliphatic heterocycles. The van der Waals surface area contributed by atoms with Gasteiger partial charge in [-0.05, 0) is 33.8 Å². The summed E-state index contributed by atoms with van der Waals surface area (Å²) >= 11 is 0. The molecule has 1 unspecified atom stereocenters. The van der Waals surface area contributed by atoms with Crippen LogP contribution in [0.25, 0.3) is 0 Å². The van der Waals surface area contributed by atoms with E-state index in [0.717, 1.165) is 0 Å². The number of ether oxygens (including phenoxy) is 1. The van der Waals surface area contributed by atoms with Crippen LogP contribution >= 0.6 is 0 Å². The van der Waals surface area contributed by atoms with Gasteiger partial charge in [0.25, 0.3) is 5.69 Å². The number of rotatable bonds is 7. The summed E-state index contributed by atoms with van der Waals surface area (Å²) in [6.07, 6.45) is 0.490. The molecule has 1 atom stereocenters. The van der Waals surface area contributed by atoms with Crippen LogP contribution in [0.1, 0.15) is 32.8 Å². The Morgan fingerprint density at radius 1 is 1.52 bits per heavy atom. The molecule has 0 aliphatic carbocycles. The predicted molar refractivity (Wildman–Crippen MR) is 80.2 cm³/mol. The summed E-state index contributed by atoms with van der Waals surface area (Å²) in [4.78, 5) is 10.4. The molecule has 0 radical (unpaired) electrons. The van der Waals surface area contributed by atoms with E-state index in [1.54, 1.807) is 19.1 Å². The maximum Gasteiger partial charge on any atom is 0.276 e. The number of nitrogens with zero attached hydrogens (tertiary/aromatic N) is 2. The SMILES string of the molecule is Cc1c(OCCC(C)(C#N)NC(C)C)cccc1[N+](=O)[O-]. The Morgan fingerprint density at radius 3 is 2.71 bits per heavy atom. The molecule has 0 fully saturated rings. The Morgan fingerprint density at radius 2 is 2.19 bits per heavy atom.